The molecule has 0 unspecified atom stereocenters. The Labute approximate surface area is 188 Å². The van der Waals surface area contributed by atoms with Gasteiger partial charge in [0.25, 0.3) is 11.6 Å². The molecule has 9 heteroatoms. The zero-order chi connectivity index (χ0) is 22.7. The van der Waals surface area contributed by atoms with Gasteiger partial charge in [-0.05, 0) is 54.8 Å². The smallest absolute Gasteiger partial charge is 0.293 e. The molecule has 1 N–H and O–H groups in total. The van der Waals surface area contributed by atoms with Crippen LogP contribution in [0.2, 0.25) is 0 Å². The van der Waals surface area contributed by atoms with Crippen molar-refractivity contribution in [1.82, 2.24) is 4.98 Å². The van der Waals surface area contributed by atoms with E-state index in [9.17, 15) is 14.9 Å². The van der Waals surface area contributed by atoms with Crippen LogP contribution >= 0.6 is 11.3 Å². The first-order valence-corrected chi connectivity index (χ1v) is 10.9. The lowest BCUT2D eigenvalue weighted by molar-refractivity contribution is -0.384. The highest BCUT2D eigenvalue weighted by atomic mass is 32.1. The summed E-state index contributed by atoms with van der Waals surface area (Å²) in [6.45, 7) is 2.16. The average molecular weight is 452 g/mol. The largest absolute Gasteiger partial charge is 0.497 e. The first kappa shape index (κ1) is 21.5. The number of rotatable bonds is 8. The number of anilines is 1. The van der Waals surface area contributed by atoms with Crippen LogP contribution < -0.4 is 10.1 Å². The SMILES string of the molecule is CCCCc1ccc2nc(NC(=O)c3ccc(-c4ccc(OC)cc4[N+](=O)[O-])o3)sc2c1. The number of hydrogen-bond acceptors (Lipinski definition) is 7. The molecule has 0 bridgehead atoms. The van der Waals surface area contributed by atoms with Gasteiger partial charge in [0.2, 0.25) is 0 Å². The van der Waals surface area contributed by atoms with E-state index in [4.69, 9.17) is 9.15 Å². The summed E-state index contributed by atoms with van der Waals surface area (Å²) >= 11 is 1.39. The minimum absolute atomic E-state index is 0.0352. The van der Waals surface area contributed by atoms with Crippen molar-refractivity contribution in [2.75, 3.05) is 12.4 Å². The number of ether oxygens (including phenoxy) is 1. The van der Waals surface area contributed by atoms with Crippen LogP contribution in [0.5, 0.6) is 5.75 Å². The number of nitro benzene ring substituents is 1. The number of nitro groups is 1. The third-order valence-corrected chi connectivity index (χ3v) is 5.92. The van der Waals surface area contributed by atoms with E-state index in [1.54, 1.807) is 6.07 Å². The van der Waals surface area contributed by atoms with Crippen LogP contribution in [0, 0.1) is 10.1 Å². The number of hydrogen-bond donors (Lipinski definition) is 1. The molecule has 0 saturated carbocycles. The molecule has 0 aliphatic rings. The summed E-state index contributed by atoms with van der Waals surface area (Å²) in [6, 6.07) is 13.6. The number of furan rings is 1. The molecule has 0 aliphatic carbocycles. The minimum atomic E-state index is -0.518. The molecule has 4 aromatic rings. The van der Waals surface area contributed by atoms with Gasteiger partial charge in [0.05, 0.1) is 33.9 Å². The van der Waals surface area contributed by atoms with E-state index < -0.39 is 10.8 Å². The standard InChI is InChI=1S/C23H21N3O5S/c1-3-4-5-14-6-9-17-21(12-14)32-23(24-17)25-22(27)20-11-10-19(31-20)16-8-7-15(30-2)13-18(16)26(28)29/h6-13H,3-5H2,1-2H3,(H,24,25,27). The number of nitrogens with one attached hydrogen (secondary N) is 1. The lowest BCUT2D eigenvalue weighted by Gasteiger charge is -2.03. The van der Waals surface area contributed by atoms with Crippen molar-refractivity contribution in [2.45, 2.75) is 26.2 Å². The maximum atomic E-state index is 12.7. The number of unbranched alkanes of at least 4 members (excludes halogenated alkanes) is 1. The topological polar surface area (TPSA) is 108 Å². The number of methoxy groups -OCH3 is 1. The molecule has 2 heterocycles. The lowest BCUT2D eigenvalue weighted by atomic mass is 10.1. The molecule has 0 radical (unpaired) electrons. The number of nitrogens with zero attached hydrogens (tertiary/aromatic N) is 2. The first-order chi connectivity index (χ1) is 15.5. The normalized spacial score (nSPS) is 10.9. The zero-order valence-electron chi connectivity index (χ0n) is 17.6. The van der Waals surface area contributed by atoms with E-state index in [0.717, 1.165) is 29.5 Å². The molecular weight excluding hydrogens is 430 g/mol. The van der Waals surface area contributed by atoms with Crippen LogP contribution in [0.25, 0.3) is 21.5 Å². The Bertz CT molecular complexity index is 1290. The second kappa shape index (κ2) is 9.19. The van der Waals surface area contributed by atoms with E-state index in [1.165, 1.54) is 48.3 Å². The van der Waals surface area contributed by atoms with Crippen LogP contribution in [0.15, 0.2) is 52.9 Å². The molecule has 4 rings (SSSR count). The Morgan fingerprint density at radius 3 is 2.81 bits per heavy atom. The number of benzene rings is 2. The number of carbonyl (C=O) groups excluding carboxylic acids is 1. The Morgan fingerprint density at radius 1 is 1.22 bits per heavy atom. The molecule has 2 aromatic heterocycles. The lowest BCUT2D eigenvalue weighted by Crippen LogP contribution is -2.10. The molecule has 0 atom stereocenters. The quantitative estimate of drug-likeness (QED) is 0.257. The number of thiazole rings is 1. The summed E-state index contributed by atoms with van der Waals surface area (Å²) in [7, 11) is 1.43. The molecule has 0 spiro atoms. The van der Waals surface area contributed by atoms with Gasteiger partial charge in [-0.2, -0.15) is 0 Å². The number of fused-ring (bicyclic) bond motifs is 1. The van der Waals surface area contributed by atoms with Crippen LogP contribution in [0.3, 0.4) is 0 Å². The Balaban J connectivity index is 1.54. The predicted octanol–water partition coefficient (Wildman–Crippen LogP) is 6.07. The van der Waals surface area contributed by atoms with E-state index in [2.05, 4.69) is 29.4 Å². The van der Waals surface area contributed by atoms with Crippen LogP contribution in [0.4, 0.5) is 10.8 Å². The van der Waals surface area contributed by atoms with Crippen molar-refractivity contribution in [3.63, 3.8) is 0 Å². The van der Waals surface area contributed by atoms with E-state index >= 15 is 0 Å². The predicted molar refractivity (Wildman–Crippen MR) is 124 cm³/mol. The van der Waals surface area contributed by atoms with Crippen LogP contribution in [0.1, 0.15) is 35.9 Å². The number of carbonyl (C=O) groups is 1. The van der Waals surface area contributed by atoms with Gasteiger partial charge in [0, 0.05) is 0 Å². The third kappa shape index (κ3) is 4.47. The van der Waals surface area contributed by atoms with Crippen molar-refractivity contribution in [3.8, 4) is 17.1 Å². The van der Waals surface area contributed by atoms with Crippen molar-refractivity contribution >= 4 is 38.3 Å². The van der Waals surface area contributed by atoms with Gasteiger partial charge in [-0.1, -0.05) is 30.7 Å². The molecule has 32 heavy (non-hydrogen) atoms. The van der Waals surface area contributed by atoms with Crippen LogP contribution in [-0.4, -0.2) is 22.9 Å². The second-order valence-electron chi connectivity index (χ2n) is 7.18. The molecule has 8 nitrogen and oxygen atoms in total. The van der Waals surface area contributed by atoms with Crippen molar-refractivity contribution in [3.05, 3.63) is 70.0 Å². The van der Waals surface area contributed by atoms with Gasteiger partial charge in [0.1, 0.15) is 11.5 Å². The Morgan fingerprint density at radius 2 is 2.06 bits per heavy atom. The van der Waals surface area contributed by atoms with E-state index in [1.807, 2.05) is 6.07 Å². The van der Waals surface area contributed by atoms with E-state index in [-0.39, 0.29) is 22.8 Å². The van der Waals surface area contributed by atoms with Gasteiger partial charge in [-0.25, -0.2) is 4.98 Å². The number of aryl methyl sites for hydroxylation is 1. The molecule has 1 amide bonds. The maximum absolute atomic E-state index is 12.7. The van der Waals surface area contributed by atoms with Gasteiger partial charge in [0.15, 0.2) is 10.9 Å². The summed E-state index contributed by atoms with van der Waals surface area (Å²) in [5.74, 6) is 0.138. The van der Waals surface area contributed by atoms with Crippen molar-refractivity contribution in [2.24, 2.45) is 0 Å². The fourth-order valence-electron chi connectivity index (χ4n) is 3.32. The summed E-state index contributed by atoms with van der Waals surface area (Å²) in [5, 5.41) is 14.7. The fourth-order valence-corrected chi connectivity index (χ4v) is 4.24. The minimum Gasteiger partial charge on any atom is -0.497 e. The summed E-state index contributed by atoms with van der Waals surface area (Å²) in [6.07, 6.45) is 3.27. The first-order valence-electron chi connectivity index (χ1n) is 10.1. The monoisotopic (exact) mass is 451 g/mol. The number of aromatic nitrogens is 1. The highest BCUT2D eigenvalue weighted by molar-refractivity contribution is 7.22. The molecule has 2 aromatic carbocycles. The third-order valence-electron chi connectivity index (χ3n) is 4.99. The summed E-state index contributed by atoms with van der Waals surface area (Å²) < 4.78 is 11.7. The maximum Gasteiger partial charge on any atom is 0.293 e. The Hall–Kier alpha value is -3.72. The van der Waals surface area contributed by atoms with Crippen molar-refractivity contribution < 1.29 is 18.9 Å². The summed E-state index contributed by atoms with van der Waals surface area (Å²) in [5.41, 5.74) is 2.15. The van der Waals surface area contributed by atoms with E-state index in [0.29, 0.717) is 10.9 Å². The van der Waals surface area contributed by atoms with Gasteiger partial charge < -0.3 is 9.15 Å². The highest BCUT2D eigenvalue weighted by Crippen LogP contribution is 2.34. The molecule has 164 valence electrons. The molecule has 0 aliphatic heterocycles. The molecular formula is C23H21N3O5S. The van der Waals surface area contributed by atoms with Gasteiger partial charge in [-0.15, -0.1) is 0 Å². The average Bonchev–Trinajstić information content (AvgIpc) is 3.43. The second-order valence-corrected chi connectivity index (χ2v) is 8.21. The van der Waals surface area contributed by atoms with Crippen molar-refractivity contribution in [1.29, 1.82) is 0 Å². The summed E-state index contributed by atoms with van der Waals surface area (Å²) in [4.78, 5) is 28.1. The molecule has 0 fully saturated rings. The van der Waals surface area contributed by atoms with Crippen LogP contribution in [-0.2, 0) is 6.42 Å². The van der Waals surface area contributed by atoms with Gasteiger partial charge >= 0.3 is 0 Å². The fraction of sp³-hybridized carbons (Fsp3) is 0.217. The molecule has 0 saturated heterocycles. The Kier molecular flexibility index (Phi) is 6.18. The highest BCUT2D eigenvalue weighted by Gasteiger charge is 2.21. The van der Waals surface area contributed by atoms with Gasteiger partial charge in [-0.3, -0.25) is 20.2 Å². The zero-order valence-corrected chi connectivity index (χ0v) is 18.4. The number of amides is 1.